The van der Waals surface area contributed by atoms with Crippen LogP contribution in [0.3, 0.4) is 0 Å². The van der Waals surface area contributed by atoms with E-state index in [1.54, 1.807) is 12.1 Å². The molecule has 1 amide bonds. The Kier molecular flexibility index (Phi) is 4.52. The van der Waals surface area contributed by atoms with Crippen LogP contribution in [0.1, 0.15) is 19.8 Å². The van der Waals surface area contributed by atoms with Crippen molar-refractivity contribution in [3.63, 3.8) is 0 Å². The molecule has 0 saturated carbocycles. The highest BCUT2D eigenvalue weighted by Gasteiger charge is 2.17. The van der Waals surface area contributed by atoms with E-state index in [4.69, 9.17) is 0 Å². The van der Waals surface area contributed by atoms with Crippen LogP contribution in [-0.4, -0.2) is 27.7 Å². The molecule has 1 aliphatic heterocycles. The van der Waals surface area contributed by atoms with Crippen molar-refractivity contribution < 1.29 is 13.4 Å². The Morgan fingerprint density at radius 3 is 2.68 bits per heavy atom. The summed E-state index contributed by atoms with van der Waals surface area (Å²) in [5, 5.41) is 5.75. The molecule has 4 nitrogen and oxygen atoms in total. The number of hydrogen-bond acceptors (Lipinski definition) is 3. The zero-order valence-corrected chi connectivity index (χ0v) is 11.6. The molecule has 19 heavy (non-hydrogen) atoms. The number of anilines is 2. The molecule has 0 radical (unpaired) electrons. The average Bonchev–Trinajstić information content (AvgIpc) is 2.36. The summed E-state index contributed by atoms with van der Waals surface area (Å²) in [4.78, 5) is 11.0. The van der Waals surface area contributed by atoms with Gasteiger partial charge in [0.05, 0.1) is 5.69 Å². The quantitative estimate of drug-likeness (QED) is 0.893. The minimum atomic E-state index is -0.692. The second-order valence-electron chi connectivity index (χ2n) is 4.64. The minimum Gasteiger partial charge on any atom is -0.382 e. The topological polar surface area (TPSA) is 58.2 Å². The molecular formula is C13H17FN2O2S. The first-order chi connectivity index (χ1) is 9.04. The van der Waals surface area contributed by atoms with E-state index in [-0.39, 0.29) is 17.6 Å². The van der Waals surface area contributed by atoms with Crippen molar-refractivity contribution in [3.8, 4) is 0 Å². The van der Waals surface area contributed by atoms with Crippen molar-refractivity contribution >= 4 is 28.1 Å². The van der Waals surface area contributed by atoms with Gasteiger partial charge in [-0.25, -0.2) is 4.39 Å². The number of hydrogen-bond donors (Lipinski definition) is 2. The molecule has 0 aliphatic carbocycles. The molecule has 1 saturated heterocycles. The Labute approximate surface area is 114 Å². The van der Waals surface area contributed by atoms with Crippen LogP contribution in [-0.2, 0) is 15.6 Å². The van der Waals surface area contributed by atoms with E-state index in [1.807, 2.05) is 0 Å². The number of carbonyl (C=O) groups excluding carboxylic acids is 1. The van der Waals surface area contributed by atoms with Gasteiger partial charge in [0.1, 0.15) is 5.82 Å². The van der Waals surface area contributed by atoms with E-state index in [0.29, 0.717) is 11.5 Å². The highest BCUT2D eigenvalue weighted by Crippen LogP contribution is 2.22. The number of nitrogens with one attached hydrogen (secondary N) is 2. The normalized spacial score (nSPS) is 22.8. The molecule has 104 valence electrons. The van der Waals surface area contributed by atoms with Gasteiger partial charge in [0, 0.05) is 41.0 Å². The molecule has 1 aromatic carbocycles. The Morgan fingerprint density at radius 1 is 1.37 bits per heavy atom. The van der Waals surface area contributed by atoms with Crippen LogP contribution in [0.15, 0.2) is 18.2 Å². The molecule has 0 unspecified atom stereocenters. The lowest BCUT2D eigenvalue weighted by molar-refractivity contribution is -0.114. The first-order valence-electron chi connectivity index (χ1n) is 6.23. The van der Waals surface area contributed by atoms with Crippen molar-refractivity contribution in [2.75, 3.05) is 22.1 Å². The average molecular weight is 284 g/mol. The molecule has 0 spiro atoms. The molecule has 2 rings (SSSR count). The maximum atomic E-state index is 13.5. The molecular weight excluding hydrogens is 267 g/mol. The van der Waals surface area contributed by atoms with Gasteiger partial charge in [-0.2, -0.15) is 0 Å². The molecule has 1 aliphatic rings. The standard InChI is InChI=1S/C13H17FN2O2S/c1-9(17)15-13-8-11(2-3-12(13)14)16-10-4-6-19(18)7-5-10/h2-3,8,10,16H,4-7H2,1H3,(H,15,17). The van der Waals surface area contributed by atoms with E-state index >= 15 is 0 Å². The van der Waals surface area contributed by atoms with Crippen molar-refractivity contribution in [2.45, 2.75) is 25.8 Å². The summed E-state index contributed by atoms with van der Waals surface area (Å²) in [6, 6.07) is 4.82. The predicted molar refractivity (Wildman–Crippen MR) is 75.2 cm³/mol. The van der Waals surface area contributed by atoms with Gasteiger partial charge in [-0.1, -0.05) is 0 Å². The van der Waals surface area contributed by atoms with E-state index in [2.05, 4.69) is 10.6 Å². The van der Waals surface area contributed by atoms with E-state index in [0.717, 1.165) is 18.5 Å². The van der Waals surface area contributed by atoms with Crippen LogP contribution in [0.5, 0.6) is 0 Å². The Balaban J connectivity index is 2.04. The fraction of sp³-hybridized carbons (Fsp3) is 0.462. The lowest BCUT2D eigenvalue weighted by atomic mass is 10.1. The first-order valence-corrected chi connectivity index (χ1v) is 7.72. The second kappa shape index (κ2) is 6.14. The van der Waals surface area contributed by atoms with E-state index in [9.17, 15) is 13.4 Å². The van der Waals surface area contributed by atoms with Crippen molar-refractivity contribution in [2.24, 2.45) is 0 Å². The maximum absolute atomic E-state index is 13.5. The zero-order chi connectivity index (χ0) is 13.8. The van der Waals surface area contributed by atoms with Crippen LogP contribution in [0, 0.1) is 5.82 Å². The van der Waals surface area contributed by atoms with Crippen LogP contribution >= 0.6 is 0 Å². The summed E-state index contributed by atoms with van der Waals surface area (Å²) >= 11 is 0. The minimum absolute atomic E-state index is 0.178. The molecule has 1 fully saturated rings. The molecule has 2 N–H and O–H groups in total. The Morgan fingerprint density at radius 2 is 2.05 bits per heavy atom. The Hall–Kier alpha value is -1.43. The van der Waals surface area contributed by atoms with Crippen molar-refractivity contribution in [3.05, 3.63) is 24.0 Å². The van der Waals surface area contributed by atoms with Gasteiger partial charge in [0.15, 0.2) is 0 Å². The third kappa shape index (κ3) is 4.02. The lowest BCUT2D eigenvalue weighted by Crippen LogP contribution is -2.29. The zero-order valence-electron chi connectivity index (χ0n) is 10.7. The van der Waals surface area contributed by atoms with Gasteiger partial charge in [0.2, 0.25) is 5.91 Å². The summed E-state index contributed by atoms with van der Waals surface area (Å²) in [6.07, 6.45) is 1.69. The number of rotatable bonds is 3. The lowest BCUT2D eigenvalue weighted by Gasteiger charge is -2.23. The predicted octanol–water partition coefficient (Wildman–Crippen LogP) is 2.11. The van der Waals surface area contributed by atoms with Gasteiger partial charge in [-0.15, -0.1) is 0 Å². The summed E-state index contributed by atoms with van der Waals surface area (Å²) in [5.74, 6) is 0.657. The third-order valence-electron chi connectivity index (χ3n) is 3.04. The molecule has 6 heteroatoms. The third-order valence-corrected chi connectivity index (χ3v) is 4.42. The van der Waals surface area contributed by atoms with Gasteiger partial charge < -0.3 is 10.6 Å². The highest BCUT2D eigenvalue weighted by atomic mass is 32.2. The van der Waals surface area contributed by atoms with Crippen molar-refractivity contribution in [1.82, 2.24) is 0 Å². The highest BCUT2D eigenvalue weighted by molar-refractivity contribution is 7.85. The number of halogens is 1. The van der Waals surface area contributed by atoms with Gasteiger partial charge in [-0.05, 0) is 31.0 Å². The van der Waals surface area contributed by atoms with Crippen LogP contribution in [0.4, 0.5) is 15.8 Å². The van der Waals surface area contributed by atoms with E-state index < -0.39 is 16.6 Å². The first kappa shape index (κ1) is 14.0. The fourth-order valence-electron chi connectivity index (χ4n) is 2.07. The van der Waals surface area contributed by atoms with E-state index in [1.165, 1.54) is 13.0 Å². The second-order valence-corrected chi connectivity index (χ2v) is 6.34. The molecule has 0 aromatic heterocycles. The number of carbonyl (C=O) groups is 1. The van der Waals surface area contributed by atoms with Crippen molar-refractivity contribution in [1.29, 1.82) is 0 Å². The van der Waals surface area contributed by atoms with Crippen LogP contribution in [0.2, 0.25) is 0 Å². The summed E-state index contributed by atoms with van der Waals surface area (Å²) in [5.41, 5.74) is 0.944. The molecule has 0 atom stereocenters. The van der Waals surface area contributed by atoms with Gasteiger partial charge in [0.25, 0.3) is 0 Å². The summed E-state index contributed by atoms with van der Waals surface area (Å²) < 4.78 is 24.7. The Bertz CT molecular complexity index is 497. The molecule has 0 bridgehead atoms. The smallest absolute Gasteiger partial charge is 0.221 e. The molecule has 1 aromatic rings. The largest absolute Gasteiger partial charge is 0.382 e. The van der Waals surface area contributed by atoms with Crippen LogP contribution in [0.25, 0.3) is 0 Å². The SMILES string of the molecule is CC(=O)Nc1cc(NC2CCS(=O)CC2)ccc1F. The summed E-state index contributed by atoms with van der Waals surface area (Å²) in [6.45, 7) is 1.34. The maximum Gasteiger partial charge on any atom is 0.221 e. The van der Waals surface area contributed by atoms with Gasteiger partial charge >= 0.3 is 0 Å². The fourth-order valence-corrected chi connectivity index (χ4v) is 3.37. The summed E-state index contributed by atoms with van der Waals surface area (Å²) in [7, 11) is -0.692. The number of benzene rings is 1. The number of amides is 1. The molecule has 1 heterocycles. The van der Waals surface area contributed by atoms with Gasteiger partial charge in [-0.3, -0.25) is 9.00 Å². The van der Waals surface area contributed by atoms with Crippen LogP contribution < -0.4 is 10.6 Å². The monoisotopic (exact) mass is 284 g/mol.